The van der Waals surface area contributed by atoms with Crippen molar-refractivity contribution in [3.63, 3.8) is 0 Å². The van der Waals surface area contributed by atoms with Gasteiger partial charge < -0.3 is 20.4 Å². The van der Waals surface area contributed by atoms with Crippen LogP contribution in [-0.2, 0) is 4.79 Å². The van der Waals surface area contributed by atoms with Gasteiger partial charge in [0.05, 0.1) is 18.0 Å². The zero-order chi connectivity index (χ0) is 22.4. The minimum Gasteiger partial charge on any atom is -0.340 e. The number of piperidine rings is 1. The van der Waals surface area contributed by atoms with Crippen LogP contribution in [0, 0.1) is 10.1 Å². The van der Waals surface area contributed by atoms with Crippen LogP contribution >= 0.6 is 11.6 Å². The molecule has 1 saturated heterocycles. The maximum Gasteiger partial charge on any atom is 0.329 e. The molecule has 2 N–H and O–H groups in total. The van der Waals surface area contributed by atoms with Gasteiger partial charge in [0.15, 0.2) is 5.78 Å². The molecule has 0 unspecified atom stereocenters. The Hall–Kier alpha value is -2.82. The molecule has 1 fully saturated rings. The first-order valence-electron chi connectivity index (χ1n) is 10.0. The molecular weight excluding hydrogens is 422 g/mol. The Morgan fingerprint density at radius 1 is 1.26 bits per heavy atom. The molecule has 2 heterocycles. The molecule has 1 aromatic carbocycles. The van der Waals surface area contributed by atoms with Crippen LogP contribution in [0.5, 0.6) is 0 Å². The Bertz CT molecular complexity index is 917. The molecule has 3 rings (SSSR count). The summed E-state index contributed by atoms with van der Waals surface area (Å²) in [6, 6.07) is 6.93. The average Bonchev–Trinajstić information content (AvgIpc) is 2.73. The van der Waals surface area contributed by atoms with Crippen molar-refractivity contribution in [3.05, 3.63) is 45.6 Å². The molecule has 0 radical (unpaired) electrons. The number of benzene rings is 1. The number of rotatable bonds is 9. The van der Waals surface area contributed by atoms with E-state index in [0.29, 0.717) is 10.7 Å². The Morgan fingerprint density at radius 2 is 1.94 bits per heavy atom. The lowest BCUT2D eigenvalue weighted by atomic mass is 10.0. The van der Waals surface area contributed by atoms with Crippen molar-refractivity contribution < 1.29 is 9.72 Å². The number of ketones is 1. The van der Waals surface area contributed by atoms with E-state index in [-0.39, 0.29) is 42.4 Å². The van der Waals surface area contributed by atoms with Gasteiger partial charge in [0.1, 0.15) is 6.20 Å². The number of anilines is 3. The fourth-order valence-corrected chi connectivity index (χ4v) is 3.64. The normalized spacial score (nSPS) is 14.5. The Kier molecular flexibility index (Phi) is 7.72. The van der Waals surface area contributed by atoms with Gasteiger partial charge in [-0.2, -0.15) is 4.98 Å². The van der Waals surface area contributed by atoms with Gasteiger partial charge in [-0.3, -0.25) is 14.9 Å². The lowest BCUT2D eigenvalue weighted by Crippen LogP contribution is -2.47. The highest BCUT2D eigenvalue weighted by molar-refractivity contribution is 6.30. The van der Waals surface area contributed by atoms with E-state index in [4.69, 9.17) is 11.6 Å². The quantitative estimate of drug-likeness (QED) is 0.441. The zero-order valence-electron chi connectivity index (χ0n) is 17.5. The topological polar surface area (TPSA) is 117 Å². The summed E-state index contributed by atoms with van der Waals surface area (Å²) in [5.41, 5.74) is 0.471. The predicted octanol–water partition coefficient (Wildman–Crippen LogP) is 2.47. The van der Waals surface area contributed by atoms with Gasteiger partial charge >= 0.3 is 5.69 Å². The molecule has 0 bridgehead atoms. The smallest absolute Gasteiger partial charge is 0.329 e. The molecule has 1 aromatic heterocycles. The summed E-state index contributed by atoms with van der Waals surface area (Å²) in [5, 5.41) is 18.7. The summed E-state index contributed by atoms with van der Waals surface area (Å²) in [6.07, 6.45) is 2.71. The second-order valence-corrected chi connectivity index (χ2v) is 8.11. The van der Waals surface area contributed by atoms with Crippen LogP contribution < -0.4 is 15.5 Å². The van der Waals surface area contributed by atoms with E-state index in [1.165, 1.54) is 6.20 Å². The number of Topliss-reactive ketones (excluding diaryl/α,β-unsaturated/α-hetero) is 1. The number of aromatic nitrogens is 2. The van der Waals surface area contributed by atoms with Crippen LogP contribution in [0.4, 0.5) is 23.1 Å². The van der Waals surface area contributed by atoms with Crippen molar-refractivity contribution in [1.82, 2.24) is 20.2 Å². The van der Waals surface area contributed by atoms with Crippen molar-refractivity contribution in [2.75, 3.05) is 50.5 Å². The monoisotopic (exact) mass is 447 g/mol. The largest absolute Gasteiger partial charge is 0.340 e. The molecule has 1 aliphatic heterocycles. The first-order valence-corrected chi connectivity index (χ1v) is 10.4. The van der Waals surface area contributed by atoms with Crippen molar-refractivity contribution in [2.24, 2.45) is 0 Å². The minimum atomic E-state index is -0.508. The highest BCUT2D eigenvalue weighted by Gasteiger charge is 2.31. The Labute approximate surface area is 185 Å². The second kappa shape index (κ2) is 10.5. The summed E-state index contributed by atoms with van der Waals surface area (Å²) >= 11 is 5.93. The minimum absolute atomic E-state index is 0.0376. The third-order valence-corrected chi connectivity index (χ3v) is 5.16. The Balaban J connectivity index is 1.96. The molecule has 1 aliphatic rings. The van der Waals surface area contributed by atoms with Gasteiger partial charge in [-0.05, 0) is 64.3 Å². The number of nitro groups is 1. The molecule has 166 valence electrons. The molecule has 11 heteroatoms. The van der Waals surface area contributed by atoms with E-state index in [0.717, 1.165) is 25.9 Å². The summed E-state index contributed by atoms with van der Waals surface area (Å²) in [7, 11) is 3.63. The van der Waals surface area contributed by atoms with Gasteiger partial charge in [0.25, 0.3) is 0 Å². The number of carbonyl (C=O) groups is 1. The number of halogens is 1. The summed E-state index contributed by atoms with van der Waals surface area (Å²) < 4.78 is 0. The van der Waals surface area contributed by atoms with Gasteiger partial charge in [0.2, 0.25) is 11.8 Å². The van der Waals surface area contributed by atoms with Gasteiger partial charge in [-0.15, -0.1) is 0 Å². The third-order valence-electron chi connectivity index (χ3n) is 4.91. The summed E-state index contributed by atoms with van der Waals surface area (Å²) in [4.78, 5) is 36.0. The maximum absolute atomic E-state index is 12.6. The van der Waals surface area contributed by atoms with E-state index < -0.39 is 4.92 Å². The lowest BCUT2D eigenvalue weighted by Gasteiger charge is -2.35. The Morgan fingerprint density at radius 3 is 2.55 bits per heavy atom. The lowest BCUT2D eigenvalue weighted by molar-refractivity contribution is -0.384. The zero-order valence-corrected chi connectivity index (χ0v) is 18.3. The number of nitrogens with one attached hydrogen (secondary N) is 2. The highest BCUT2D eigenvalue weighted by Crippen LogP contribution is 2.30. The van der Waals surface area contributed by atoms with Crippen LogP contribution in [0.3, 0.4) is 0 Å². The summed E-state index contributed by atoms with van der Waals surface area (Å²) in [5.74, 6) is 0.320. The number of hydrogen-bond donors (Lipinski definition) is 2. The second-order valence-electron chi connectivity index (χ2n) is 7.68. The van der Waals surface area contributed by atoms with Crippen LogP contribution in [0.2, 0.25) is 5.02 Å². The first-order chi connectivity index (χ1) is 14.8. The number of carbonyl (C=O) groups excluding carboxylic acids is 1. The average molecular weight is 448 g/mol. The SMILES string of the molecule is CN(C)CC(=O)CN(c1nc(Nc2ccc(Cl)cc2)ncc1[N+](=O)[O-])C1CCNCC1. The molecule has 0 spiro atoms. The fraction of sp³-hybridized carbons (Fsp3) is 0.450. The van der Waals surface area contributed by atoms with Crippen molar-refractivity contribution in [2.45, 2.75) is 18.9 Å². The van der Waals surface area contributed by atoms with E-state index >= 15 is 0 Å². The standard InChI is InChI=1S/C20H26ClN7O3/c1-26(2)12-17(29)13-27(16-7-9-22-10-8-16)19-18(28(30)31)11-23-20(25-19)24-15-5-3-14(21)4-6-15/h3-6,11,16,22H,7-10,12-13H2,1-2H3,(H,23,24,25). The first kappa shape index (κ1) is 22.9. The fourth-order valence-electron chi connectivity index (χ4n) is 3.52. The molecule has 0 amide bonds. The third kappa shape index (κ3) is 6.33. The molecule has 0 aliphatic carbocycles. The van der Waals surface area contributed by atoms with E-state index in [2.05, 4.69) is 20.6 Å². The molecular formula is C20H26ClN7O3. The molecule has 0 saturated carbocycles. The van der Waals surface area contributed by atoms with Crippen LogP contribution in [0.15, 0.2) is 30.5 Å². The van der Waals surface area contributed by atoms with Crippen LogP contribution in [0.25, 0.3) is 0 Å². The number of hydrogen-bond acceptors (Lipinski definition) is 9. The molecule has 0 atom stereocenters. The number of nitrogens with zero attached hydrogens (tertiary/aromatic N) is 5. The summed E-state index contributed by atoms with van der Waals surface area (Å²) in [6.45, 7) is 1.84. The predicted molar refractivity (Wildman–Crippen MR) is 120 cm³/mol. The van der Waals surface area contributed by atoms with Gasteiger partial charge in [-0.25, -0.2) is 4.98 Å². The highest BCUT2D eigenvalue weighted by atomic mass is 35.5. The van der Waals surface area contributed by atoms with E-state index in [9.17, 15) is 14.9 Å². The van der Waals surface area contributed by atoms with E-state index in [1.807, 2.05) is 14.1 Å². The van der Waals surface area contributed by atoms with Crippen LogP contribution in [-0.4, -0.2) is 71.9 Å². The molecule has 2 aromatic rings. The molecule has 31 heavy (non-hydrogen) atoms. The van der Waals surface area contributed by atoms with Gasteiger partial charge in [0, 0.05) is 16.8 Å². The van der Waals surface area contributed by atoms with Crippen molar-refractivity contribution >= 4 is 40.5 Å². The number of likely N-dealkylation sites (N-methyl/N-ethyl adjacent to an activating group) is 1. The maximum atomic E-state index is 12.6. The van der Waals surface area contributed by atoms with Crippen LogP contribution in [0.1, 0.15) is 12.8 Å². The molecule has 10 nitrogen and oxygen atoms in total. The van der Waals surface area contributed by atoms with Gasteiger partial charge in [-0.1, -0.05) is 11.6 Å². The van der Waals surface area contributed by atoms with E-state index in [1.54, 1.807) is 34.1 Å². The van der Waals surface area contributed by atoms with Crippen molar-refractivity contribution in [1.29, 1.82) is 0 Å². The van der Waals surface area contributed by atoms with Crippen molar-refractivity contribution in [3.8, 4) is 0 Å².